The quantitative estimate of drug-likeness (QED) is 0.0597. The van der Waals surface area contributed by atoms with E-state index in [0.717, 1.165) is 26.2 Å². The Morgan fingerprint density at radius 3 is 1.79 bits per heavy atom. The number of carboxylic acid groups (broad SMARTS) is 1. The molecule has 4 aliphatic rings. The maximum atomic E-state index is 15.2. The van der Waals surface area contributed by atoms with Gasteiger partial charge in [0.15, 0.2) is 0 Å². The Labute approximate surface area is 607 Å². The van der Waals surface area contributed by atoms with Gasteiger partial charge < -0.3 is 83.6 Å². The number of primary amides is 1. The van der Waals surface area contributed by atoms with Gasteiger partial charge in [-0.15, -0.1) is 0 Å². The Morgan fingerprint density at radius 1 is 0.621 bits per heavy atom. The number of amides is 11. The molecular weight excluding hydrogens is 1380 g/mol. The molecular formula is C69H101N13O19S2. The van der Waals surface area contributed by atoms with Gasteiger partial charge in [0, 0.05) is 48.9 Å². The van der Waals surface area contributed by atoms with Gasteiger partial charge in [-0.2, -0.15) is 28.4 Å². The molecule has 2 fully saturated rings. The normalized spacial score (nSPS) is 25.4. The van der Waals surface area contributed by atoms with E-state index in [1.165, 1.54) is 57.6 Å². The third kappa shape index (κ3) is 27.8. The van der Waals surface area contributed by atoms with E-state index in [-0.39, 0.29) is 105 Å². The van der Waals surface area contributed by atoms with Crippen molar-refractivity contribution in [3.8, 4) is 11.5 Å². The SMILES string of the molecule is COOC(=O)C[C@@H]1NC(=O)[C@H](CC(C)C)NC(=O)[C@@H]2CCCN2C(=O)[C@@H]2CSCc3cc(cc(c3)OCCCCCCO/N=C/C(=O)N[C@@H](CCCCN)C(=O)N2)CSC[C@@H](C(N)=O)NC(=O)[C@H](CCC(=O)O)NC(=O)[C@H](Cc2ccc(O)cc2)NC(=O)[C@@H]2CCCN2C(=O)[C@H](CC(C)C)NC1=O. The van der Waals surface area contributed by atoms with Crippen molar-refractivity contribution >= 4 is 107 Å². The summed E-state index contributed by atoms with van der Waals surface area (Å²) >= 11 is 2.46. The summed E-state index contributed by atoms with van der Waals surface area (Å²) in [6.07, 6.45) is 3.21. The first-order chi connectivity index (χ1) is 49.2. The smallest absolute Gasteiger partial charge is 0.344 e. The molecule has 32 nitrogen and oxygen atoms in total. The van der Waals surface area contributed by atoms with Crippen LogP contribution in [0.4, 0.5) is 0 Å². The van der Waals surface area contributed by atoms with E-state index in [1.54, 1.807) is 27.7 Å². The summed E-state index contributed by atoms with van der Waals surface area (Å²) in [5.41, 5.74) is 13.6. The molecule has 0 aromatic heterocycles. The van der Waals surface area contributed by atoms with Crippen LogP contribution >= 0.6 is 23.5 Å². The first-order valence-corrected chi connectivity index (χ1v) is 37.4. The number of thioether (sulfide) groups is 2. The molecule has 14 N–H and O–H groups in total. The van der Waals surface area contributed by atoms with E-state index < -0.39 is 157 Å². The van der Waals surface area contributed by atoms with Gasteiger partial charge in [-0.05, 0) is 149 Å². The van der Waals surface area contributed by atoms with Crippen molar-refractivity contribution in [2.45, 2.75) is 209 Å². The molecule has 2 aromatic carbocycles. The Kier molecular flexibility index (Phi) is 34.5. The van der Waals surface area contributed by atoms with Gasteiger partial charge in [-0.1, -0.05) is 51.0 Å². The third-order valence-corrected chi connectivity index (χ3v) is 19.7. The van der Waals surface area contributed by atoms with Crippen molar-refractivity contribution in [1.82, 2.24) is 52.3 Å². The minimum atomic E-state index is -1.79. The fourth-order valence-corrected chi connectivity index (χ4v) is 14.3. The molecule has 10 atom stereocenters. The number of hydrogen-bond donors (Lipinski definition) is 12. The summed E-state index contributed by atoms with van der Waals surface area (Å²) in [6.45, 7) is 7.92. The van der Waals surface area contributed by atoms with Crippen LogP contribution in [0.2, 0.25) is 0 Å². The number of aromatic hydroxyl groups is 1. The van der Waals surface area contributed by atoms with E-state index in [9.17, 15) is 67.7 Å². The molecule has 568 valence electrons. The summed E-state index contributed by atoms with van der Waals surface area (Å²) in [5.74, 6) is -11.8. The van der Waals surface area contributed by atoms with Gasteiger partial charge >= 0.3 is 11.9 Å². The van der Waals surface area contributed by atoms with Crippen LogP contribution in [0.5, 0.6) is 11.5 Å². The van der Waals surface area contributed by atoms with Crippen LogP contribution in [0, 0.1) is 11.8 Å². The highest BCUT2D eigenvalue weighted by atomic mass is 32.2. The van der Waals surface area contributed by atoms with E-state index in [1.807, 2.05) is 18.2 Å². The largest absolute Gasteiger partial charge is 0.508 e. The van der Waals surface area contributed by atoms with Crippen LogP contribution in [-0.2, 0) is 94.9 Å². The van der Waals surface area contributed by atoms with E-state index in [2.05, 4.69) is 52.6 Å². The van der Waals surface area contributed by atoms with Gasteiger partial charge in [0.05, 0.1) is 20.1 Å². The summed E-state index contributed by atoms with van der Waals surface area (Å²) in [4.78, 5) is 202. The van der Waals surface area contributed by atoms with Gasteiger partial charge in [0.1, 0.15) is 84.7 Å². The molecule has 0 aliphatic carbocycles. The summed E-state index contributed by atoms with van der Waals surface area (Å²) < 4.78 is 6.30. The highest BCUT2D eigenvalue weighted by Gasteiger charge is 2.43. The summed E-state index contributed by atoms with van der Waals surface area (Å²) in [5, 5.41) is 45.2. The summed E-state index contributed by atoms with van der Waals surface area (Å²) in [7, 11) is 1.04. The highest BCUT2D eigenvalue weighted by Crippen LogP contribution is 2.28. The first kappa shape index (κ1) is 83.2. The van der Waals surface area contributed by atoms with Gasteiger partial charge in [0.25, 0.3) is 5.91 Å². The number of nitrogens with one attached hydrogen (secondary N) is 8. The molecule has 4 heterocycles. The number of fused-ring (bicyclic) bond motifs is 7. The highest BCUT2D eigenvalue weighted by molar-refractivity contribution is 7.98. The lowest BCUT2D eigenvalue weighted by Gasteiger charge is -2.32. The number of aliphatic carboxylic acids is 1. The second-order valence-corrected chi connectivity index (χ2v) is 28.9. The predicted molar refractivity (Wildman–Crippen MR) is 379 cm³/mol. The number of carboxylic acids is 1. The number of hydrogen-bond acceptors (Lipinski definition) is 22. The van der Waals surface area contributed by atoms with Crippen molar-refractivity contribution in [2.75, 3.05) is 51.5 Å². The molecule has 4 aliphatic heterocycles. The Morgan fingerprint density at radius 2 is 1.17 bits per heavy atom. The van der Waals surface area contributed by atoms with E-state index >= 15 is 4.79 Å². The topological polar surface area (TPSA) is 466 Å². The van der Waals surface area contributed by atoms with Crippen molar-refractivity contribution in [1.29, 1.82) is 0 Å². The first-order valence-electron chi connectivity index (χ1n) is 35.1. The van der Waals surface area contributed by atoms with Crippen molar-refractivity contribution in [3.05, 3.63) is 59.2 Å². The zero-order valence-corrected chi connectivity index (χ0v) is 60.7. The van der Waals surface area contributed by atoms with Crippen LogP contribution < -0.4 is 58.7 Å². The molecule has 11 amide bonds. The third-order valence-electron chi connectivity index (χ3n) is 17.4. The Hall–Kier alpha value is -8.76. The molecule has 0 saturated carbocycles. The van der Waals surface area contributed by atoms with Crippen molar-refractivity contribution in [2.24, 2.45) is 28.5 Å². The number of rotatable bonds is 17. The van der Waals surface area contributed by atoms with Crippen LogP contribution in [0.25, 0.3) is 0 Å². The number of nitrogens with two attached hydrogens (primary N) is 2. The van der Waals surface area contributed by atoms with Crippen molar-refractivity contribution in [3.63, 3.8) is 0 Å². The minimum absolute atomic E-state index is 0.00762. The van der Waals surface area contributed by atoms with Crippen LogP contribution in [0.3, 0.4) is 0 Å². The van der Waals surface area contributed by atoms with E-state index in [0.29, 0.717) is 67.7 Å². The molecule has 2 aromatic rings. The maximum Gasteiger partial charge on any atom is 0.344 e. The molecule has 4 bridgehead atoms. The molecule has 0 radical (unpaired) electrons. The van der Waals surface area contributed by atoms with Crippen LogP contribution in [0.15, 0.2) is 47.6 Å². The van der Waals surface area contributed by atoms with Gasteiger partial charge in [-0.3, -0.25) is 62.4 Å². The molecule has 34 heteroatoms. The number of carbonyl (C=O) groups excluding carboxylic acids is 12. The second kappa shape index (κ2) is 42.7. The Bertz CT molecular complexity index is 3290. The zero-order valence-electron chi connectivity index (χ0n) is 59.1. The second-order valence-electron chi connectivity index (χ2n) is 26.8. The lowest BCUT2D eigenvalue weighted by molar-refractivity contribution is -0.255. The monoisotopic (exact) mass is 1480 g/mol. The number of carbonyl (C=O) groups is 13. The number of benzene rings is 2. The minimum Gasteiger partial charge on any atom is -0.508 e. The number of phenols is 1. The fourth-order valence-electron chi connectivity index (χ4n) is 12.3. The molecule has 103 heavy (non-hydrogen) atoms. The van der Waals surface area contributed by atoms with Crippen LogP contribution in [-0.4, -0.2) is 215 Å². The lowest BCUT2D eigenvalue weighted by Crippen LogP contribution is -2.61. The standard InChI is InChI=1S/C69H101N13O19S2/c1-40(2)28-49-63(91)75-51(34-59(87)101-98-5)65(93)78-52(29-41(3)4)68(96)81-24-12-15-55(81)67(95)77-50(33-42-17-19-45(83)20-18-42)64(92)74-48(21-22-58(85)86)62(90)79-53(60(71)88)38-102-36-43-30-44-32-46(31-43)99-26-10-6-7-11-27-100-72-35-57(84)73-47(14-8-9-23-70)61(89)80-54(39-103-37-44)69(97)82-25-13-16-56(82)66(94)76-49/h17-20,30-32,35,40-41,47-56,83H,6-16,21-29,33-34,36-39,70H2,1-5H3,(H2,71,88)(H,73,84)(H,74,92)(H,75,91)(H,76,94)(H,77,95)(H,78,93)(H,79,90)(H,80,89)(H,85,86)/b72-35+/t47-,48-,49-,50-,51-,52-,53-,54-,55-,56-/m0/s1. The van der Waals surface area contributed by atoms with Crippen LogP contribution in [0.1, 0.15) is 147 Å². The average Bonchev–Trinajstić information content (AvgIpc) is 1.75. The predicted octanol–water partition coefficient (Wildman–Crippen LogP) is 0.996. The summed E-state index contributed by atoms with van der Waals surface area (Å²) in [6, 6.07) is -2.95. The molecule has 2 saturated heterocycles. The molecule has 0 unspecified atom stereocenters. The number of phenolic OH excluding ortho intramolecular Hbond substituents is 1. The number of nitrogens with zero attached hydrogens (tertiary/aromatic N) is 3. The van der Waals surface area contributed by atoms with Gasteiger partial charge in [0.2, 0.25) is 59.1 Å². The van der Waals surface area contributed by atoms with Gasteiger partial charge in [-0.25, -0.2) is 4.79 Å². The number of oxime groups is 1. The Balaban J connectivity index is 1.44. The zero-order chi connectivity index (χ0) is 75.1. The van der Waals surface area contributed by atoms with Crippen molar-refractivity contribution < 1.29 is 91.9 Å². The number of ether oxygens (including phenoxy) is 1. The number of unbranched alkanes of at least 4 members (excludes halogenated alkanes) is 1. The van der Waals surface area contributed by atoms with E-state index in [4.69, 9.17) is 25.9 Å². The maximum absolute atomic E-state index is 15.2. The molecule has 0 spiro atoms. The average molecular weight is 1480 g/mol. The lowest BCUT2D eigenvalue weighted by atomic mass is 10.00. The fraction of sp³-hybridized carbons (Fsp3) is 0.623. The molecule has 6 rings (SSSR count).